The summed E-state index contributed by atoms with van der Waals surface area (Å²) in [6.45, 7) is 2.56. The Hall–Kier alpha value is -2.28. The van der Waals surface area contributed by atoms with E-state index in [-0.39, 0.29) is 11.7 Å². The molecule has 5 nitrogen and oxygen atoms in total. The first-order valence-electron chi connectivity index (χ1n) is 10.2. The summed E-state index contributed by atoms with van der Waals surface area (Å²) in [5.41, 5.74) is 1.50. The van der Waals surface area contributed by atoms with Crippen molar-refractivity contribution in [2.75, 3.05) is 31.1 Å². The largest absolute Gasteiger partial charge is 0.387 e. The number of nitrogens with zero attached hydrogens (tertiary/aromatic N) is 2. The van der Waals surface area contributed by atoms with Gasteiger partial charge in [0.15, 0.2) is 0 Å². The van der Waals surface area contributed by atoms with Gasteiger partial charge in [-0.05, 0) is 54.7 Å². The van der Waals surface area contributed by atoms with E-state index in [1.807, 2.05) is 24.3 Å². The molecule has 0 spiro atoms. The fraction of sp³-hybridized carbons (Fsp3) is 0.435. The van der Waals surface area contributed by atoms with Crippen molar-refractivity contribution < 1.29 is 19.4 Å². The normalized spacial score (nSPS) is 20.8. The monoisotopic (exact) mass is 398 g/mol. The van der Waals surface area contributed by atoms with Gasteiger partial charge in [-0.15, -0.1) is 0 Å². The number of hydrogen-bond acceptors (Lipinski definition) is 4. The molecule has 6 heteroatoms. The van der Waals surface area contributed by atoms with Crippen LogP contribution in [-0.2, 0) is 10.4 Å². The number of hydrogen-bond donors (Lipinski definition) is 2. The summed E-state index contributed by atoms with van der Waals surface area (Å²) in [5.74, 6) is -0.154. The van der Waals surface area contributed by atoms with Gasteiger partial charge in [0, 0.05) is 38.3 Å². The number of piperidine rings is 1. The van der Waals surface area contributed by atoms with Gasteiger partial charge in [0.2, 0.25) is 5.91 Å². The topological polar surface area (TPSA) is 64.0 Å². The Balaban J connectivity index is 1.33. The van der Waals surface area contributed by atoms with Gasteiger partial charge < -0.3 is 20.0 Å². The summed E-state index contributed by atoms with van der Waals surface area (Å²) in [4.78, 5) is 15.8. The van der Waals surface area contributed by atoms with E-state index in [0.29, 0.717) is 38.9 Å². The smallest absolute Gasteiger partial charge is 0.227 e. The van der Waals surface area contributed by atoms with Gasteiger partial charge in [0.05, 0.1) is 11.7 Å². The van der Waals surface area contributed by atoms with Gasteiger partial charge in [-0.25, -0.2) is 4.39 Å². The summed E-state index contributed by atoms with van der Waals surface area (Å²) >= 11 is 0. The molecular weight excluding hydrogens is 371 g/mol. The second-order valence-electron chi connectivity index (χ2n) is 8.10. The van der Waals surface area contributed by atoms with Crippen LogP contribution in [0.1, 0.15) is 42.9 Å². The van der Waals surface area contributed by atoms with Gasteiger partial charge in [-0.2, -0.15) is 0 Å². The van der Waals surface area contributed by atoms with Crippen molar-refractivity contribution >= 4 is 11.6 Å². The van der Waals surface area contributed by atoms with Crippen molar-refractivity contribution in [1.29, 1.82) is 0 Å². The molecule has 2 aliphatic heterocycles. The van der Waals surface area contributed by atoms with Crippen LogP contribution >= 0.6 is 0 Å². The van der Waals surface area contributed by atoms with Gasteiger partial charge in [0.25, 0.3) is 0 Å². The zero-order valence-electron chi connectivity index (χ0n) is 16.4. The van der Waals surface area contributed by atoms with Gasteiger partial charge in [0.1, 0.15) is 5.82 Å². The highest BCUT2D eigenvalue weighted by Crippen LogP contribution is 2.33. The Morgan fingerprint density at radius 2 is 1.66 bits per heavy atom. The van der Waals surface area contributed by atoms with Crippen LogP contribution < -0.4 is 4.90 Å². The molecule has 2 aliphatic rings. The minimum atomic E-state index is -0.945. The van der Waals surface area contributed by atoms with Crippen LogP contribution in [-0.4, -0.2) is 47.2 Å². The van der Waals surface area contributed by atoms with E-state index in [4.69, 9.17) is 0 Å². The first-order valence-corrected chi connectivity index (χ1v) is 10.2. The zero-order chi connectivity index (χ0) is 20.4. The third kappa shape index (κ3) is 4.34. The molecule has 154 valence electrons. The number of likely N-dealkylation sites (tertiary alicyclic amines) is 1. The van der Waals surface area contributed by atoms with Crippen molar-refractivity contribution in [3.8, 4) is 0 Å². The number of carbonyl (C=O) groups is 1. The quantitative estimate of drug-likeness (QED) is 0.813. The molecule has 1 unspecified atom stereocenters. The van der Waals surface area contributed by atoms with Crippen molar-refractivity contribution in [3.63, 3.8) is 0 Å². The Bertz CT molecular complexity index is 845. The molecule has 2 heterocycles. The van der Waals surface area contributed by atoms with E-state index >= 15 is 0 Å². The minimum Gasteiger partial charge on any atom is -0.387 e. The van der Waals surface area contributed by atoms with Gasteiger partial charge in [-0.3, -0.25) is 4.79 Å². The van der Waals surface area contributed by atoms with Crippen LogP contribution in [0.25, 0.3) is 0 Å². The number of aliphatic hydroxyl groups excluding tert-OH is 1. The molecule has 2 fully saturated rings. The number of carbonyl (C=O) groups excluding carboxylic acids is 1. The van der Waals surface area contributed by atoms with Crippen molar-refractivity contribution in [3.05, 3.63) is 65.5 Å². The standard InChI is InChI=1S/C23H27FN2O3/c24-19-7-5-18(6-8-19)23(29)11-14-25(15-12-23)16-21(27)17-3-9-20(10-4-17)26-13-1-2-22(26)28/h3-10,21,27,29H,1-2,11-16H2. The van der Waals surface area contributed by atoms with Gasteiger partial charge in [-0.1, -0.05) is 24.3 Å². The van der Waals surface area contributed by atoms with E-state index < -0.39 is 11.7 Å². The van der Waals surface area contributed by atoms with E-state index in [9.17, 15) is 19.4 Å². The Morgan fingerprint density at radius 3 is 2.24 bits per heavy atom. The molecule has 0 aliphatic carbocycles. The van der Waals surface area contributed by atoms with Crippen LogP contribution in [0.5, 0.6) is 0 Å². The fourth-order valence-electron chi connectivity index (χ4n) is 4.30. The Kier molecular flexibility index (Phi) is 5.67. The molecule has 0 saturated carbocycles. The lowest BCUT2D eigenvalue weighted by molar-refractivity contribution is -0.117. The van der Waals surface area contributed by atoms with Gasteiger partial charge >= 0.3 is 0 Å². The molecule has 1 amide bonds. The van der Waals surface area contributed by atoms with E-state index in [0.717, 1.165) is 29.8 Å². The number of benzene rings is 2. The molecule has 29 heavy (non-hydrogen) atoms. The maximum absolute atomic E-state index is 13.1. The third-order valence-electron chi connectivity index (χ3n) is 6.16. The van der Waals surface area contributed by atoms with Crippen LogP contribution in [0.2, 0.25) is 0 Å². The SMILES string of the molecule is O=C1CCCN1c1ccc(C(O)CN2CCC(O)(c3ccc(F)cc3)CC2)cc1. The molecule has 2 saturated heterocycles. The van der Waals surface area contributed by atoms with E-state index in [1.54, 1.807) is 17.0 Å². The maximum Gasteiger partial charge on any atom is 0.227 e. The summed E-state index contributed by atoms with van der Waals surface area (Å²) in [7, 11) is 0. The van der Waals surface area contributed by atoms with E-state index in [2.05, 4.69) is 4.90 Å². The van der Waals surface area contributed by atoms with Crippen LogP contribution in [0, 0.1) is 5.82 Å². The second kappa shape index (κ2) is 8.22. The second-order valence-corrected chi connectivity index (χ2v) is 8.10. The highest BCUT2D eigenvalue weighted by atomic mass is 19.1. The molecule has 2 aromatic carbocycles. The lowest BCUT2D eigenvalue weighted by Crippen LogP contribution is -2.43. The zero-order valence-corrected chi connectivity index (χ0v) is 16.4. The van der Waals surface area contributed by atoms with Crippen LogP contribution in [0.4, 0.5) is 10.1 Å². The van der Waals surface area contributed by atoms with Crippen molar-refractivity contribution in [2.24, 2.45) is 0 Å². The fourth-order valence-corrected chi connectivity index (χ4v) is 4.30. The summed E-state index contributed by atoms with van der Waals surface area (Å²) in [5, 5.41) is 21.5. The minimum absolute atomic E-state index is 0.153. The number of anilines is 1. The average Bonchev–Trinajstić information content (AvgIpc) is 3.16. The number of halogens is 1. The molecular formula is C23H27FN2O3. The Morgan fingerprint density at radius 1 is 1.00 bits per heavy atom. The van der Waals surface area contributed by atoms with Crippen LogP contribution in [0.15, 0.2) is 48.5 Å². The number of β-amino-alcohol motifs (C(OH)–C–C–N with tert-alkyl or cyclic N) is 1. The lowest BCUT2D eigenvalue weighted by Gasteiger charge is -2.39. The first-order chi connectivity index (χ1) is 13.9. The third-order valence-corrected chi connectivity index (χ3v) is 6.16. The number of amides is 1. The highest BCUT2D eigenvalue weighted by molar-refractivity contribution is 5.95. The molecule has 1 atom stereocenters. The predicted molar refractivity (Wildman–Crippen MR) is 109 cm³/mol. The van der Waals surface area contributed by atoms with Crippen LogP contribution in [0.3, 0.4) is 0 Å². The lowest BCUT2D eigenvalue weighted by atomic mass is 9.84. The molecule has 0 aromatic heterocycles. The molecule has 4 rings (SSSR count). The predicted octanol–water partition coefficient (Wildman–Crippen LogP) is 2.97. The summed E-state index contributed by atoms with van der Waals surface area (Å²) < 4.78 is 13.1. The molecule has 2 aromatic rings. The maximum atomic E-state index is 13.1. The first kappa shape index (κ1) is 20.0. The molecule has 0 bridgehead atoms. The van der Waals surface area contributed by atoms with Crippen molar-refractivity contribution in [2.45, 2.75) is 37.4 Å². The number of rotatable bonds is 5. The number of aliphatic hydroxyl groups is 2. The summed E-state index contributed by atoms with van der Waals surface area (Å²) in [6.07, 6.45) is 1.95. The summed E-state index contributed by atoms with van der Waals surface area (Å²) in [6, 6.07) is 13.6. The molecule has 0 radical (unpaired) electrons. The van der Waals surface area contributed by atoms with Crippen molar-refractivity contribution in [1.82, 2.24) is 4.90 Å². The van der Waals surface area contributed by atoms with E-state index in [1.165, 1.54) is 12.1 Å². The molecule has 2 N–H and O–H groups in total. The average molecular weight is 398 g/mol. The highest BCUT2D eigenvalue weighted by Gasteiger charge is 2.34. The Labute approximate surface area is 170 Å².